The quantitative estimate of drug-likeness (QED) is 0.531. The second-order valence-electron chi connectivity index (χ2n) is 8.19. The van der Waals surface area contributed by atoms with Crippen LogP contribution in [-0.2, 0) is 22.1 Å². The van der Waals surface area contributed by atoms with Crippen LogP contribution >= 0.6 is 0 Å². The maximum Gasteiger partial charge on any atom is 0.317 e. The minimum absolute atomic E-state index is 0.00419. The van der Waals surface area contributed by atoms with Gasteiger partial charge in [-0.3, -0.25) is 9.69 Å². The first-order valence-corrected chi connectivity index (χ1v) is 12.0. The normalized spacial score (nSPS) is 14.8. The Bertz CT molecular complexity index is 1150. The fourth-order valence-electron chi connectivity index (χ4n) is 4.27. The van der Waals surface area contributed by atoms with E-state index in [9.17, 15) is 14.1 Å². The van der Waals surface area contributed by atoms with Gasteiger partial charge in [0.25, 0.3) is 0 Å². The molecule has 0 aliphatic carbocycles. The molecule has 4 rings (SSSR count). The van der Waals surface area contributed by atoms with Crippen molar-refractivity contribution in [3.8, 4) is 0 Å². The molecule has 166 valence electrons. The average Bonchev–Trinajstić information content (AvgIpc) is 2.78. The van der Waals surface area contributed by atoms with E-state index >= 15 is 0 Å². The van der Waals surface area contributed by atoms with Crippen LogP contribution in [0.3, 0.4) is 0 Å². The Balaban J connectivity index is 1.57. The van der Waals surface area contributed by atoms with Crippen LogP contribution in [0, 0.1) is 13.8 Å². The van der Waals surface area contributed by atoms with Gasteiger partial charge in [0.05, 0.1) is 38.5 Å². The highest BCUT2D eigenvalue weighted by Gasteiger charge is 2.29. The number of hydrogen-bond acceptors (Lipinski definition) is 4. The Morgan fingerprint density at radius 1 is 0.969 bits per heavy atom. The minimum Gasteiger partial charge on any atom is -0.480 e. The molecule has 0 amide bonds. The molecule has 0 saturated carbocycles. The number of hydrogen-bond donors (Lipinski definition) is 1. The SMILES string of the molecule is Cc1ccc2c(c1C)N(CCCN(CC(=O)O)Cc1ccccc1)c1ccccc1S2=O. The molecule has 1 N–H and O–H groups in total. The van der Waals surface area contributed by atoms with Crippen molar-refractivity contribution in [2.45, 2.75) is 36.6 Å². The van der Waals surface area contributed by atoms with Crippen LogP contribution in [0.25, 0.3) is 0 Å². The third-order valence-corrected chi connectivity index (χ3v) is 7.43. The van der Waals surface area contributed by atoms with Crippen molar-refractivity contribution < 1.29 is 14.1 Å². The van der Waals surface area contributed by atoms with E-state index in [0.29, 0.717) is 13.1 Å². The lowest BCUT2D eigenvalue weighted by Crippen LogP contribution is -2.33. The third kappa shape index (κ3) is 4.61. The maximum absolute atomic E-state index is 13.2. The van der Waals surface area contributed by atoms with E-state index < -0.39 is 16.8 Å². The molecule has 3 aromatic rings. The predicted octanol–water partition coefficient (Wildman–Crippen LogP) is 4.90. The van der Waals surface area contributed by atoms with Crippen LogP contribution < -0.4 is 4.90 Å². The Hall–Kier alpha value is -2.96. The zero-order valence-corrected chi connectivity index (χ0v) is 19.3. The topological polar surface area (TPSA) is 60.9 Å². The highest BCUT2D eigenvalue weighted by atomic mass is 32.2. The molecular formula is C26H28N2O3S. The smallest absolute Gasteiger partial charge is 0.317 e. The third-order valence-electron chi connectivity index (χ3n) is 5.95. The Labute approximate surface area is 191 Å². The summed E-state index contributed by atoms with van der Waals surface area (Å²) in [6.07, 6.45) is 0.786. The van der Waals surface area contributed by atoms with Crippen molar-refractivity contribution >= 4 is 28.1 Å². The zero-order valence-electron chi connectivity index (χ0n) is 18.5. The Morgan fingerprint density at radius 3 is 2.44 bits per heavy atom. The van der Waals surface area contributed by atoms with Gasteiger partial charge in [0, 0.05) is 19.6 Å². The fourth-order valence-corrected chi connectivity index (χ4v) is 5.71. The molecule has 0 aromatic heterocycles. The van der Waals surface area contributed by atoms with E-state index in [0.717, 1.165) is 45.3 Å². The molecule has 5 nitrogen and oxygen atoms in total. The van der Waals surface area contributed by atoms with Crippen molar-refractivity contribution in [3.05, 3.63) is 83.4 Å². The molecule has 1 aliphatic heterocycles. The van der Waals surface area contributed by atoms with E-state index in [2.05, 4.69) is 18.7 Å². The van der Waals surface area contributed by atoms with Crippen molar-refractivity contribution in [3.63, 3.8) is 0 Å². The minimum atomic E-state index is -1.21. The van der Waals surface area contributed by atoms with Gasteiger partial charge in [-0.1, -0.05) is 48.5 Å². The molecule has 0 bridgehead atoms. The summed E-state index contributed by atoms with van der Waals surface area (Å²) in [6, 6.07) is 21.8. The van der Waals surface area contributed by atoms with Gasteiger partial charge in [0.1, 0.15) is 0 Å². The molecule has 0 saturated heterocycles. The van der Waals surface area contributed by atoms with Gasteiger partial charge >= 0.3 is 5.97 Å². The molecule has 3 aromatic carbocycles. The van der Waals surface area contributed by atoms with Gasteiger partial charge < -0.3 is 10.0 Å². The van der Waals surface area contributed by atoms with Gasteiger partial charge in [0.15, 0.2) is 0 Å². The molecule has 6 heteroatoms. The van der Waals surface area contributed by atoms with E-state index in [1.165, 1.54) is 5.56 Å². The number of carboxylic acids is 1. The second-order valence-corrected chi connectivity index (χ2v) is 9.60. The Morgan fingerprint density at radius 2 is 1.69 bits per heavy atom. The van der Waals surface area contributed by atoms with Crippen LogP contribution in [0.15, 0.2) is 76.5 Å². The molecule has 1 unspecified atom stereocenters. The summed E-state index contributed by atoms with van der Waals surface area (Å²) in [5.74, 6) is -0.823. The van der Waals surface area contributed by atoms with E-state index in [1.54, 1.807) is 0 Å². The monoisotopic (exact) mass is 448 g/mol. The first-order valence-electron chi connectivity index (χ1n) is 10.8. The highest BCUT2D eigenvalue weighted by molar-refractivity contribution is 7.85. The number of carbonyl (C=O) groups is 1. The van der Waals surface area contributed by atoms with Crippen molar-refractivity contribution in [2.24, 2.45) is 0 Å². The Kier molecular flexibility index (Phi) is 6.72. The summed E-state index contributed by atoms with van der Waals surface area (Å²) in [7, 11) is -1.21. The standard InChI is InChI=1S/C26H28N2O3S/c1-19-13-14-24-26(20(19)2)28(22-11-6-7-12-23(22)32(24)31)16-8-15-27(18-25(29)30)17-21-9-4-3-5-10-21/h3-7,9-14H,8,15-18H2,1-2H3,(H,29,30). The predicted molar refractivity (Wildman–Crippen MR) is 128 cm³/mol. The molecule has 0 radical (unpaired) electrons. The lowest BCUT2D eigenvalue weighted by atomic mass is 10.1. The number of carboxylic acid groups (broad SMARTS) is 1. The van der Waals surface area contributed by atoms with Crippen molar-refractivity contribution in [1.82, 2.24) is 4.90 Å². The van der Waals surface area contributed by atoms with Crippen LogP contribution in [0.2, 0.25) is 0 Å². The molecule has 1 aliphatic rings. The average molecular weight is 449 g/mol. The van der Waals surface area contributed by atoms with Crippen molar-refractivity contribution in [2.75, 3.05) is 24.5 Å². The van der Waals surface area contributed by atoms with E-state index in [4.69, 9.17) is 0 Å². The number of aliphatic carboxylic acids is 1. The van der Waals surface area contributed by atoms with Gasteiger partial charge in [-0.2, -0.15) is 0 Å². The summed E-state index contributed by atoms with van der Waals surface area (Å²) in [6.45, 7) is 6.14. The lowest BCUT2D eigenvalue weighted by Gasteiger charge is -2.35. The van der Waals surface area contributed by atoms with Gasteiger partial charge in [0.2, 0.25) is 0 Å². The molecule has 0 spiro atoms. The van der Waals surface area contributed by atoms with Crippen LogP contribution in [0.4, 0.5) is 11.4 Å². The zero-order chi connectivity index (χ0) is 22.7. The summed E-state index contributed by atoms with van der Waals surface area (Å²) in [4.78, 5) is 17.3. The number of para-hydroxylation sites is 1. The number of anilines is 2. The molecule has 1 atom stereocenters. The first-order chi connectivity index (χ1) is 15.5. The molecular weight excluding hydrogens is 420 g/mol. The number of fused-ring (bicyclic) bond motifs is 2. The summed E-state index contributed by atoms with van der Waals surface area (Å²) < 4.78 is 13.2. The lowest BCUT2D eigenvalue weighted by molar-refractivity contribution is -0.138. The summed E-state index contributed by atoms with van der Waals surface area (Å²) >= 11 is 0. The number of benzene rings is 3. The van der Waals surface area contributed by atoms with E-state index in [-0.39, 0.29) is 6.54 Å². The van der Waals surface area contributed by atoms with Gasteiger partial charge in [-0.15, -0.1) is 0 Å². The molecule has 0 fully saturated rings. The highest BCUT2D eigenvalue weighted by Crippen LogP contribution is 2.44. The first kappa shape index (κ1) is 22.2. The molecule has 1 heterocycles. The number of aryl methyl sites for hydroxylation is 1. The summed E-state index contributed by atoms with van der Waals surface area (Å²) in [5.41, 5.74) is 5.40. The van der Waals surface area contributed by atoms with Gasteiger partial charge in [-0.25, -0.2) is 4.21 Å². The van der Waals surface area contributed by atoms with Crippen LogP contribution in [-0.4, -0.2) is 39.8 Å². The van der Waals surface area contributed by atoms with Gasteiger partial charge in [-0.05, 0) is 55.2 Å². The number of nitrogens with zero attached hydrogens (tertiary/aromatic N) is 2. The van der Waals surface area contributed by atoms with Crippen LogP contribution in [0.5, 0.6) is 0 Å². The maximum atomic E-state index is 13.2. The summed E-state index contributed by atoms with van der Waals surface area (Å²) in [5, 5.41) is 9.38. The number of rotatable bonds is 8. The fraction of sp³-hybridized carbons (Fsp3) is 0.269. The van der Waals surface area contributed by atoms with Crippen LogP contribution in [0.1, 0.15) is 23.1 Å². The second kappa shape index (κ2) is 9.67. The van der Waals surface area contributed by atoms with Crippen molar-refractivity contribution in [1.29, 1.82) is 0 Å². The molecule has 32 heavy (non-hydrogen) atoms. The largest absolute Gasteiger partial charge is 0.480 e. The van der Waals surface area contributed by atoms with E-state index in [1.807, 2.05) is 71.6 Å².